The van der Waals surface area contributed by atoms with Crippen LogP contribution in [0.1, 0.15) is 30.4 Å². The Kier molecular flexibility index (Phi) is 7.25. The van der Waals surface area contributed by atoms with Gasteiger partial charge >= 0.3 is 12.1 Å². The highest BCUT2D eigenvalue weighted by Crippen LogP contribution is 2.44. The van der Waals surface area contributed by atoms with Crippen molar-refractivity contribution in [2.24, 2.45) is 0 Å². The highest BCUT2D eigenvalue weighted by atomic mass is 16.7. The summed E-state index contributed by atoms with van der Waals surface area (Å²) in [6.45, 7) is 0.995. The van der Waals surface area contributed by atoms with Crippen molar-refractivity contribution in [1.82, 2.24) is 10.8 Å². The van der Waals surface area contributed by atoms with Gasteiger partial charge in [0.05, 0.1) is 0 Å². The fourth-order valence-electron chi connectivity index (χ4n) is 3.44. The summed E-state index contributed by atoms with van der Waals surface area (Å²) in [5.41, 5.74) is 6.36. The van der Waals surface area contributed by atoms with Crippen LogP contribution in [0.2, 0.25) is 0 Å². The lowest BCUT2D eigenvalue weighted by Crippen LogP contribution is -2.47. The number of ether oxygens (including phenoxy) is 1. The van der Waals surface area contributed by atoms with E-state index in [2.05, 4.69) is 22.0 Å². The molecule has 3 rings (SSSR count). The second-order valence-corrected chi connectivity index (χ2v) is 6.80. The van der Waals surface area contributed by atoms with Gasteiger partial charge in [-0.15, -0.1) is 11.8 Å². The van der Waals surface area contributed by atoms with Crippen LogP contribution in [0.4, 0.5) is 4.79 Å². The predicted octanol–water partition coefficient (Wildman–Crippen LogP) is 2.44. The number of carbonyl (C=O) groups is 3. The van der Waals surface area contributed by atoms with Crippen molar-refractivity contribution in [2.75, 3.05) is 13.2 Å². The molecule has 0 aromatic heterocycles. The molecular weight excluding hydrogens is 400 g/mol. The molecule has 0 spiro atoms. The van der Waals surface area contributed by atoms with Gasteiger partial charge in [0.25, 0.3) is 5.91 Å². The quantitative estimate of drug-likeness (QED) is 0.445. The van der Waals surface area contributed by atoms with Crippen molar-refractivity contribution in [3.63, 3.8) is 0 Å². The summed E-state index contributed by atoms with van der Waals surface area (Å²) < 4.78 is 5.43. The van der Waals surface area contributed by atoms with Gasteiger partial charge in [0, 0.05) is 12.3 Å². The molecule has 0 saturated heterocycles. The van der Waals surface area contributed by atoms with Crippen molar-refractivity contribution in [3.8, 4) is 23.0 Å². The number of aliphatic carboxylic acids is 1. The van der Waals surface area contributed by atoms with Gasteiger partial charge in [-0.2, -0.15) is 0 Å². The largest absolute Gasteiger partial charge is 0.479 e. The highest BCUT2D eigenvalue weighted by molar-refractivity contribution is 5.85. The first kappa shape index (κ1) is 21.9. The number of benzene rings is 2. The fourth-order valence-corrected chi connectivity index (χ4v) is 3.44. The van der Waals surface area contributed by atoms with Crippen molar-refractivity contribution in [3.05, 3.63) is 59.7 Å². The zero-order chi connectivity index (χ0) is 22.2. The first-order valence-corrected chi connectivity index (χ1v) is 9.65. The number of carboxylic acid groups (broad SMARTS) is 1. The standard InChI is InChI=1S/C23H22N2O6/c1-2-3-12-20(22(28)25-31-14-21(26)27)24-23(29)30-13-19-17-10-6-4-8-15(17)16-9-5-7-11-18(16)19/h4-11,19-20H,12-14H2,1H3,(H,24,29)(H,25,28)(H,26,27). The second-order valence-electron chi connectivity index (χ2n) is 6.80. The summed E-state index contributed by atoms with van der Waals surface area (Å²) >= 11 is 0. The van der Waals surface area contributed by atoms with Crippen LogP contribution in [0.5, 0.6) is 0 Å². The molecule has 3 N–H and O–H groups in total. The molecule has 31 heavy (non-hydrogen) atoms. The second kappa shape index (κ2) is 10.3. The third kappa shape index (κ3) is 5.41. The summed E-state index contributed by atoms with van der Waals surface area (Å²) in [5, 5.41) is 11.0. The Morgan fingerprint density at radius 1 is 1.06 bits per heavy atom. The Hall–Kier alpha value is -3.83. The maximum Gasteiger partial charge on any atom is 0.407 e. The fraction of sp³-hybridized carbons (Fsp3) is 0.261. The summed E-state index contributed by atoms with van der Waals surface area (Å²) in [5.74, 6) is 3.27. The van der Waals surface area contributed by atoms with Crippen molar-refractivity contribution in [2.45, 2.75) is 25.3 Å². The zero-order valence-electron chi connectivity index (χ0n) is 16.9. The lowest BCUT2D eigenvalue weighted by Gasteiger charge is -2.18. The first-order valence-electron chi connectivity index (χ1n) is 9.65. The van der Waals surface area contributed by atoms with Crippen LogP contribution in [0.25, 0.3) is 11.1 Å². The summed E-state index contributed by atoms with van der Waals surface area (Å²) in [7, 11) is 0. The average molecular weight is 422 g/mol. The van der Waals surface area contributed by atoms with Gasteiger partial charge < -0.3 is 15.2 Å². The number of carbonyl (C=O) groups excluding carboxylic acids is 2. The predicted molar refractivity (Wildman–Crippen MR) is 112 cm³/mol. The molecule has 1 atom stereocenters. The molecule has 1 aliphatic rings. The van der Waals surface area contributed by atoms with Gasteiger partial charge in [-0.25, -0.2) is 15.1 Å². The molecule has 0 aliphatic heterocycles. The molecule has 1 aliphatic carbocycles. The summed E-state index contributed by atoms with van der Waals surface area (Å²) in [6.07, 6.45) is -0.763. The minimum Gasteiger partial charge on any atom is -0.479 e. The normalized spacial score (nSPS) is 12.5. The first-order chi connectivity index (χ1) is 15.0. The van der Waals surface area contributed by atoms with Crippen LogP contribution in [-0.4, -0.2) is 42.3 Å². The molecule has 0 heterocycles. The van der Waals surface area contributed by atoms with E-state index in [0.29, 0.717) is 0 Å². The lowest BCUT2D eigenvalue weighted by molar-refractivity contribution is -0.149. The molecule has 2 amide bonds. The topological polar surface area (TPSA) is 114 Å². The van der Waals surface area contributed by atoms with E-state index < -0.39 is 30.6 Å². The molecule has 2 aromatic rings. The van der Waals surface area contributed by atoms with E-state index in [9.17, 15) is 14.4 Å². The van der Waals surface area contributed by atoms with E-state index in [1.54, 1.807) is 6.92 Å². The molecule has 2 aromatic carbocycles. The van der Waals surface area contributed by atoms with Crippen LogP contribution in [0, 0.1) is 11.8 Å². The molecule has 8 heteroatoms. The van der Waals surface area contributed by atoms with Crippen molar-refractivity contribution >= 4 is 18.0 Å². The molecule has 0 fully saturated rings. The Balaban J connectivity index is 1.63. The van der Waals surface area contributed by atoms with Gasteiger partial charge in [-0.1, -0.05) is 48.5 Å². The molecule has 1 unspecified atom stereocenters. The van der Waals surface area contributed by atoms with Gasteiger partial charge in [-0.3, -0.25) is 9.63 Å². The average Bonchev–Trinajstić information content (AvgIpc) is 3.08. The lowest BCUT2D eigenvalue weighted by atomic mass is 9.98. The Labute approximate surface area is 179 Å². The van der Waals surface area contributed by atoms with E-state index in [4.69, 9.17) is 9.84 Å². The minimum atomic E-state index is -1.24. The number of rotatable bonds is 8. The number of amides is 2. The van der Waals surface area contributed by atoms with E-state index in [1.165, 1.54) is 0 Å². The highest BCUT2D eigenvalue weighted by Gasteiger charge is 2.29. The minimum absolute atomic E-state index is 0.0168. The van der Waals surface area contributed by atoms with Crippen LogP contribution in [-0.2, 0) is 19.2 Å². The number of nitrogens with one attached hydrogen (secondary N) is 2. The monoisotopic (exact) mass is 422 g/mol. The number of fused-ring (bicyclic) bond motifs is 3. The zero-order valence-corrected chi connectivity index (χ0v) is 16.9. The van der Waals surface area contributed by atoms with Crippen LogP contribution >= 0.6 is 0 Å². The van der Waals surface area contributed by atoms with E-state index >= 15 is 0 Å². The van der Waals surface area contributed by atoms with E-state index in [-0.39, 0.29) is 18.9 Å². The Morgan fingerprint density at radius 2 is 1.68 bits per heavy atom. The van der Waals surface area contributed by atoms with Crippen molar-refractivity contribution in [1.29, 1.82) is 0 Å². The number of hydrogen-bond acceptors (Lipinski definition) is 5. The van der Waals surface area contributed by atoms with Crippen LogP contribution in [0.3, 0.4) is 0 Å². The van der Waals surface area contributed by atoms with Gasteiger partial charge in [-0.05, 0) is 29.2 Å². The van der Waals surface area contributed by atoms with Crippen molar-refractivity contribution < 1.29 is 29.1 Å². The Morgan fingerprint density at radius 3 is 2.26 bits per heavy atom. The molecule has 160 valence electrons. The van der Waals surface area contributed by atoms with Gasteiger partial charge in [0.2, 0.25) is 0 Å². The summed E-state index contributed by atoms with van der Waals surface area (Å²) in [6, 6.07) is 14.9. The molecule has 0 bridgehead atoms. The number of hydroxylamine groups is 1. The number of carboxylic acids is 1. The van der Waals surface area contributed by atoms with Gasteiger partial charge in [0.15, 0.2) is 6.61 Å². The summed E-state index contributed by atoms with van der Waals surface area (Å²) in [4.78, 5) is 39.7. The van der Waals surface area contributed by atoms with Gasteiger partial charge in [0.1, 0.15) is 12.6 Å². The van der Waals surface area contributed by atoms with E-state index in [0.717, 1.165) is 22.3 Å². The SMILES string of the molecule is CC#CCC(NC(=O)OCC1c2ccccc2-c2ccccc21)C(=O)NOCC(=O)O. The van der Waals surface area contributed by atoms with Crippen LogP contribution < -0.4 is 10.8 Å². The molecule has 8 nitrogen and oxygen atoms in total. The smallest absolute Gasteiger partial charge is 0.407 e. The van der Waals surface area contributed by atoms with E-state index in [1.807, 2.05) is 54.0 Å². The third-order valence-corrected chi connectivity index (χ3v) is 4.80. The van der Waals surface area contributed by atoms with Crippen LogP contribution in [0.15, 0.2) is 48.5 Å². The molecular formula is C23H22N2O6. The molecule has 0 radical (unpaired) electrons. The maximum absolute atomic E-state index is 12.4. The third-order valence-electron chi connectivity index (χ3n) is 4.80. The Bertz CT molecular complexity index is 994. The number of alkyl carbamates (subject to hydrolysis) is 1. The maximum atomic E-state index is 12.4. The number of hydrogen-bond donors (Lipinski definition) is 3. The molecule has 0 saturated carbocycles.